The molecule has 2 aromatic carbocycles. The van der Waals surface area contributed by atoms with Crippen molar-refractivity contribution in [2.24, 2.45) is 0 Å². The molecule has 2 aliphatic heterocycles. The van der Waals surface area contributed by atoms with Gasteiger partial charge in [0.05, 0.1) is 6.04 Å². The first-order valence-corrected chi connectivity index (χ1v) is 8.18. The first kappa shape index (κ1) is 15.1. The number of ether oxygens (including phenoxy) is 3. The number of fused-ring (bicyclic) bond motifs is 1. The Labute approximate surface area is 142 Å². The van der Waals surface area contributed by atoms with Crippen molar-refractivity contribution in [3.05, 3.63) is 65.2 Å². The third-order valence-corrected chi connectivity index (χ3v) is 4.72. The Morgan fingerprint density at radius 1 is 1.08 bits per heavy atom. The second-order valence-corrected chi connectivity index (χ2v) is 6.32. The summed E-state index contributed by atoms with van der Waals surface area (Å²) in [7, 11) is 2.16. The highest BCUT2D eigenvalue weighted by Gasteiger charge is 2.28. The topological polar surface area (TPSA) is 30.9 Å². The van der Waals surface area contributed by atoms with E-state index in [2.05, 4.69) is 49.2 Å². The predicted molar refractivity (Wildman–Crippen MR) is 92.6 cm³/mol. The standard InChI is InChI=1S/C20H21NO3/c1-14-16(11-21(2)20(14)15-6-4-3-5-7-15)12-22-17-8-9-18-19(10-17)24-13-23-18/h3-10,20H,11-13H2,1-2H3. The van der Waals surface area contributed by atoms with Crippen molar-refractivity contribution in [3.8, 4) is 17.2 Å². The highest BCUT2D eigenvalue weighted by Crippen LogP contribution is 2.37. The maximum atomic E-state index is 6.00. The first-order valence-electron chi connectivity index (χ1n) is 8.18. The fourth-order valence-electron chi connectivity index (χ4n) is 3.48. The van der Waals surface area contributed by atoms with E-state index in [1.54, 1.807) is 0 Å². The molecule has 0 aliphatic carbocycles. The SMILES string of the molecule is CC1=C(COc2ccc3c(c2)OCO3)CN(C)C1c1ccccc1. The van der Waals surface area contributed by atoms with Crippen LogP contribution in [0.2, 0.25) is 0 Å². The molecule has 0 amide bonds. The maximum absolute atomic E-state index is 6.00. The first-order chi connectivity index (χ1) is 11.7. The summed E-state index contributed by atoms with van der Waals surface area (Å²) >= 11 is 0. The van der Waals surface area contributed by atoms with Crippen LogP contribution in [0, 0.1) is 0 Å². The summed E-state index contributed by atoms with van der Waals surface area (Å²) in [5.74, 6) is 2.34. The lowest BCUT2D eigenvalue weighted by molar-refractivity contribution is 0.174. The van der Waals surface area contributed by atoms with Crippen molar-refractivity contribution < 1.29 is 14.2 Å². The monoisotopic (exact) mass is 323 g/mol. The van der Waals surface area contributed by atoms with E-state index in [9.17, 15) is 0 Å². The average molecular weight is 323 g/mol. The Bertz CT molecular complexity index is 770. The molecule has 0 aromatic heterocycles. The molecule has 0 saturated carbocycles. The summed E-state index contributed by atoms with van der Waals surface area (Å²) in [4.78, 5) is 2.36. The molecule has 4 heteroatoms. The zero-order chi connectivity index (χ0) is 16.5. The van der Waals surface area contributed by atoms with Gasteiger partial charge in [-0.25, -0.2) is 0 Å². The molecule has 0 fully saturated rings. The lowest BCUT2D eigenvalue weighted by atomic mass is 9.99. The van der Waals surface area contributed by atoms with Crippen LogP contribution >= 0.6 is 0 Å². The number of benzene rings is 2. The Hall–Kier alpha value is -2.46. The largest absolute Gasteiger partial charge is 0.489 e. The van der Waals surface area contributed by atoms with Crippen molar-refractivity contribution in [3.63, 3.8) is 0 Å². The van der Waals surface area contributed by atoms with Crippen molar-refractivity contribution in [2.75, 3.05) is 27.0 Å². The van der Waals surface area contributed by atoms with Gasteiger partial charge in [0.25, 0.3) is 0 Å². The minimum Gasteiger partial charge on any atom is -0.489 e. The molecule has 2 heterocycles. The number of hydrogen-bond donors (Lipinski definition) is 0. The van der Waals surface area contributed by atoms with E-state index in [1.807, 2.05) is 18.2 Å². The lowest BCUT2D eigenvalue weighted by Gasteiger charge is -2.21. The van der Waals surface area contributed by atoms with Gasteiger partial charge < -0.3 is 14.2 Å². The molecule has 1 unspecified atom stereocenters. The van der Waals surface area contributed by atoms with Gasteiger partial charge in [-0.15, -0.1) is 0 Å². The highest BCUT2D eigenvalue weighted by molar-refractivity contribution is 5.47. The highest BCUT2D eigenvalue weighted by atomic mass is 16.7. The van der Waals surface area contributed by atoms with Crippen LogP contribution in [0.5, 0.6) is 17.2 Å². The molecule has 1 atom stereocenters. The van der Waals surface area contributed by atoms with E-state index >= 15 is 0 Å². The quantitative estimate of drug-likeness (QED) is 0.801. The molecule has 2 aromatic rings. The van der Waals surface area contributed by atoms with Crippen LogP contribution in [0.4, 0.5) is 0 Å². The maximum Gasteiger partial charge on any atom is 0.231 e. The second kappa shape index (κ2) is 6.21. The summed E-state index contributed by atoms with van der Waals surface area (Å²) < 4.78 is 16.7. The summed E-state index contributed by atoms with van der Waals surface area (Å²) in [6, 6.07) is 16.7. The minimum atomic E-state index is 0.284. The molecule has 4 nitrogen and oxygen atoms in total. The molecular weight excluding hydrogens is 302 g/mol. The molecule has 2 aliphatic rings. The van der Waals surface area contributed by atoms with Gasteiger partial charge in [-0.3, -0.25) is 4.90 Å². The summed E-state index contributed by atoms with van der Waals surface area (Å²) in [5.41, 5.74) is 4.05. The Morgan fingerprint density at radius 2 is 1.88 bits per heavy atom. The van der Waals surface area contributed by atoms with Crippen LogP contribution in [-0.4, -0.2) is 31.9 Å². The van der Waals surface area contributed by atoms with Gasteiger partial charge in [0.2, 0.25) is 6.79 Å². The number of hydrogen-bond acceptors (Lipinski definition) is 4. The molecule has 124 valence electrons. The fraction of sp³-hybridized carbons (Fsp3) is 0.300. The van der Waals surface area contributed by atoms with Gasteiger partial charge in [0, 0.05) is 12.6 Å². The van der Waals surface area contributed by atoms with E-state index in [0.29, 0.717) is 12.6 Å². The van der Waals surface area contributed by atoms with Crippen LogP contribution in [0.15, 0.2) is 59.7 Å². The Balaban J connectivity index is 1.49. The van der Waals surface area contributed by atoms with E-state index in [1.165, 1.54) is 16.7 Å². The predicted octanol–water partition coefficient (Wildman–Crippen LogP) is 3.80. The van der Waals surface area contributed by atoms with E-state index in [4.69, 9.17) is 14.2 Å². The number of likely N-dealkylation sites (N-methyl/N-ethyl adjacent to an activating group) is 1. The van der Waals surface area contributed by atoms with Crippen molar-refractivity contribution >= 4 is 0 Å². The average Bonchev–Trinajstić information content (AvgIpc) is 3.17. The zero-order valence-electron chi connectivity index (χ0n) is 14.0. The van der Waals surface area contributed by atoms with Crippen molar-refractivity contribution in [1.29, 1.82) is 0 Å². The molecule has 24 heavy (non-hydrogen) atoms. The minimum absolute atomic E-state index is 0.284. The number of rotatable bonds is 4. The molecule has 0 saturated heterocycles. The number of nitrogens with zero attached hydrogens (tertiary/aromatic N) is 1. The van der Waals surface area contributed by atoms with E-state index in [0.717, 1.165) is 23.8 Å². The molecular formula is C20H21NO3. The molecule has 0 radical (unpaired) electrons. The fourth-order valence-corrected chi connectivity index (χ4v) is 3.48. The van der Waals surface area contributed by atoms with Gasteiger partial charge in [-0.2, -0.15) is 0 Å². The zero-order valence-corrected chi connectivity index (χ0v) is 14.0. The van der Waals surface area contributed by atoms with Crippen molar-refractivity contribution in [1.82, 2.24) is 4.90 Å². The summed E-state index contributed by atoms with van der Waals surface area (Å²) in [5, 5.41) is 0. The Morgan fingerprint density at radius 3 is 2.71 bits per heavy atom. The smallest absolute Gasteiger partial charge is 0.231 e. The third kappa shape index (κ3) is 2.74. The van der Waals surface area contributed by atoms with Gasteiger partial charge in [-0.1, -0.05) is 30.3 Å². The second-order valence-electron chi connectivity index (χ2n) is 6.32. The Kier molecular flexibility index (Phi) is 3.90. The van der Waals surface area contributed by atoms with E-state index < -0.39 is 0 Å². The van der Waals surface area contributed by atoms with Gasteiger partial charge in [-0.05, 0) is 42.8 Å². The van der Waals surface area contributed by atoms with Crippen LogP contribution in [0.25, 0.3) is 0 Å². The van der Waals surface area contributed by atoms with Gasteiger partial charge in [0.1, 0.15) is 12.4 Å². The van der Waals surface area contributed by atoms with Crippen LogP contribution in [0.1, 0.15) is 18.5 Å². The molecule has 0 spiro atoms. The van der Waals surface area contributed by atoms with Crippen LogP contribution in [-0.2, 0) is 0 Å². The molecule has 4 rings (SSSR count). The summed E-state index contributed by atoms with van der Waals surface area (Å²) in [6.07, 6.45) is 0. The van der Waals surface area contributed by atoms with Gasteiger partial charge in [0.15, 0.2) is 11.5 Å². The molecule has 0 N–H and O–H groups in total. The lowest BCUT2D eigenvalue weighted by Crippen LogP contribution is -2.20. The molecule has 0 bridgehead atoms. The van der Waals surface area contributed by atoms with Crippen LogP contribution < -0.4 is 14.2 Å². The van der Waals surface area contributed by atoms with E-state index in [-0.39, 0.29) is 6.79 Å². The summed E-state index contributed by atoms with van der Waals surface area (Å²) in [6.45, 7) is 4.02. The third-order valence-electron chi connectivity index (χ3n) is 4.72. The van der Waals surface area contributed by atoms with Gasteiger partial charge >= 0.3 is 0 Å². The van der Waals surface area contributed by atoms with Crippen molar-refractivity contribution in [2.45, 2.75) is 13.0 Å². The normalized spacial score (nSPS) is 19.8. The van der Waals surface area contributed by atoms with Crippen LogP contribution in [0.3, 0.4) is 0 Å².